The molecular formula is C20H36N6O2S. The molecule has 1 aliphatic rings. The molecule has 9 heteroatoms. The van der Waals surface area contributed by atoms with Crippen LogP contribution in [0.15, 0.2) is 10.4 Å². The minimum Gasteiger partial charge on any atom is -0.444 e. The van der Waals surface area contributed by atoms with Crippen molar-refractivity contribution in [3.63, 3.8) is 0 Å². The van der Waals surface area contributed by atoms with E-state index in [2.05, 4.69) is 26.0 Å². The van der Waals surface area contributed by atoms with Gasteiger partial charge in [0.05, 0.1) is 12.2 Å². The predicted molar refractivity (Wildman–Crippen MR) is 120 cm³/mol. The van der Waals surface area contributed by atoms with Gasteiger partial charge in [0.2, 0.25) is 0 Å². The molecule has 2 N–H and O–H groups in total. The number of thiazole rings is 1. The van der Waals surface area contributed by atoms with E-state index in [0.29, 0.717) is 12.5 Å². The highest BCUT2D eigenvalue weighted by atomic mass is 32.1. The van der Waals surface area contributed by atoms with Gasteiger partial charge < -0.3 is 25.2 Å². The molecule has 1 unspecified atom stereocenters. The van der Waals surface area contributed by atoms with E-state index in [1.165, 1.54) is 0 Å². The molecule has 2 rings (SSSR count). The van der Waals surface area contributed by atoms with Gasteiger partial charge in [0, 0.05) is 46.2 Å². The SMILES string of the molecule is CN=C(NCCC1CCCN(C(=O)OC(C)(C)C)C1)NCc1csc(N(C)C)n1. The second kappa shape index (κ2) is 10.7. The molecule has 1 aromatic rings. The third-order valence-electron chi connectivity index (χ3n) is 4.60. The van der Waals surface area contributed by atoms with Gasteiger partial charge in [0.15, 0.2) is 11.1 Å². The van der Waals surface area contributed by atoms with Gasteiger partial charge in [0.1, 0.15) is 5.60 Å². The molecule has 0 aliphatic carbocycles. The minimum atomic E-state index is -0.450. The average molecular weight is 425 g/mol. The maximum Gasteiger partial charge on any atom is 0.410 e. The molecule has 29 heavy (non-hydrogen) atoms. The van der Waals surface area contributed by atoms with Crippen molar-refractivity contribution >= 4 is 28.5 Å². The molecular weight excluding hydrogens is 388 g/mol. The molecule has 0 spiro atoms. The second-order valence-corrected chi connectivity index (χ2v) is 9.43. The van der Waals surface area contributed by atoms with Crippen molar-refractivity contribution in [2.45, 2.75) is 52.2 Å². The molecule has 1 aliphatic heterocycles. The van der Waals surface area contributed by atoms with Crippen molar-refractivity contribution in [2.24, 2.45) is 10.9 Å². The van der Waals surface area contributed by atoms with Gasteiger partial charge in [0.25, 0.3) is 0 Å². The van der Waals surface area contributed by atoms with Crippen LogP contribution < -0.4 is 15.5 Å². The second-order valence-electron chi connectivity index (χ2n) is 8.59. The largest absolute Gasteiger partial charge is 0.444 e. The topological polar surface area (TPSA) is 82.1 Å². The van der Waals surface area contributed by atoms with Gasteiger partial charge >= 0.3 is 6.09 Å². The molecule has 8 nitrogen and oxygen atoms in total. The Balaban J connectivity index is 1.72. The summed E-state index contributed by atoms with van der Waals surface area (Å²) in [5.74, 6) is 1.24. The van der Waals surface area contributed by atoms with Gasteiger partial charge in [-0.25, -0.2) is 9.78 Å². The molecule has 0 bridgehead atoms. The molecule has 0 aromatic carbocycles. The zero-order valence-electron chi connectivity index (χ0n) is 18.6. The molecule has 164 valence electrons. The number of carbonyl (C=O) groups excluding carboxylic acids is 1. The zero-order chi connectivity index (χ0) is 21.4. The fraction of sp³-hybridized carbons (Fsp3) is 0.750. The standard InChI is InChI=1S/C20H36N6O2S/c1-20(2,3)28-19(27)26-11-7-8-15(13-26)9-10-22-17(21-4)23-12-16-14-29-18(24-16)25(5)6/h14-15H,7-13H2,1-6H3,(H2,21,22,23). The van der Waals surface area contributed by atoms with E-state index in [0.717, 1.165) is 55.7 Å². The Morgan fingerprint density at radius 3 is 2.79 bits per heavy atom. The first-order valence-corrected chi connectivity index (χ1v) is 11.1. The number of nitrogens with zero attached hydrogens (tertiary/aromatic N) is 4. The quantitative estimate of drug-likeness (QED) is 0.540. The van der Waals surface area contributed by atoms with Crippen LogP contribution in [-0.4, -0.2) is 68.3 Å². The van der Waals surface area contributed by atoms with Crippen molar-refractivity contribution in [3.8, 4) is 0 Å². The van der Waals surface area contributed by atoms with Crippen LogP contribution in [0.1, 0.15) is 45.7 Å². The summed E-state index contributed by atoms with van der Waals surface area (Å²) in [6.07, 6.45) is 2.95. The number of ether oxygens (including phenoxy) is 1. The Bertz CT molecular complexity index is 683. The number of likely N-dealkylation sites (tertiary alicyclic amines) is 1. The first-order valence-electron chi connectivity index (χ1n) is 10.2. The normalized spacial score (nSPS) is 17.8. The van der Waals surface area contributed by atoms with Crippen LogP contribution in [0.5, 0.6) is 0 Å². The number of piperidine rings is 1. The van der Waals surface area contributed by atoms with E-state index in [9.17, 15) is 4.79 Å². The summed E-state index contributed by atoms with van der Waals surface area (Å²) in [5, 5.41) is 9.73. The fourth-order valence-electron chi connectivity index (χ4n) is 3.17. The highest BCUT2D eigenvalue weighted by Crippen LogP contribution is 2.21. The lowest BCUT2D eigenvalue weighted by Crippen LogP contribution is -2.44. The van der Waals surface area contributed by atoms with Crippen LogP contribution in [0, 0.1) is 5.92 Å². The van der Waals surface area contributed by atoms with E-state index in [4.69, 9.17) is 4.74 Å². The highest BCUT2D eigenvalue weighted by Gasteiger charge is 2.27. The number of aliphatic imine (C=N–C) groups is 1. The van der Waals surface area contributed by atoms with Gasteiger partial charge in [-0.05, 0) is 46.0 Å². The molecule has 1 amide bonds. The monoisotopic (exact) mass is 424 g/mol. The van der Waals surface area contributed by atoms with Crippen LogP contribution >= 0.6 is 11.3 Å². The van der Waals surface area contributed by atoms with Gasteiger partial charge in [-0.1, -0.05) is 0 Å². The Kier molecular flexibility index (Phi) is 8.55. The van der Waals surface area contributed by atoms with E-state index in [-0.39, 0.29) is 6.09 Å². The number of guanidine groups is 1. The molecule has 0 radical (unpaired) electrons. The fourth-order valence-corrected chi connectivity index (χ4v) is 3.92. The van der Waals surface area contributed by atoms with Crippen molar-refractivity contribution in [2.75, 3.05) is 45.7 Å². The lowest BCUT2D eigenvalue weighted by Gasteiger charge is -2.34. The Labute approximate surface area is 178 Å². The molecule has 1 fully saturated rings. The van der Waals surface area contributed by atoms with Crippen LogP contribution in [0.2, 0.25) is 0 Å². The maximum absolute atomic E-state index is 12.3. The van der Waals surface area contributed by atoms with Gasteiger partial charge in [-0.15, -0.1) is 11.3 Å². The zero-order valence-corrected chi connectivity index (χ0v) is 19.4. The van der Waals surface area contributed by atoms with Crippen molar-refractivity contribution in [1.29, 1.82) is 0 Å². The van der Waals surface area contributed by atoms with E-state index >= 15 is 0 Å². The molecule has 1 saturated heterocycles. The number of rotatable bonds is 6. The van der Waals surface area contributed by atoms with Crippen molar-refractivity contribution < 1.29 is 9.53 Å². The van der Waals surface area contributed by atoms with Crippen molar-refractivity contribution in [3.05, 3.63) is 11.1 Å². The number of hydrogen-bond acceptors (Lipinski definition) is 6. The summed E-state index contributed by atoms with van der Waals surface area (Å²) in [4.78, 5) is 25.0. The third-order valence-corrected chi connectivity index (χ3v) is 5.66. The number of hydrogen-bond donors (Lipinski definition) is 2. The van der Waals surface area contributed by atoms with Crippen LogP contribution in [0.3, 0.4) is 0 Å². The van der Waals surface area contributed by atoms with E-state index in [1.54, 1.807) is 18.4 Å². The Morgan fingerprint density at radius 2 is 2.17 bits per heavy atom. The molecule has 1 atom stereocenters. The van der Waals surface area contributed by atoms with Crippen LogP contribution in [0.4, 0.5) is 9.93 Å². The van der Waals surface area contributed by atoms with Crippen LogP contribution in [-0.2, 0) is 11.3 Å². The summed E-state index contributed by atoms with van der Waals surface area (Å²) >= 11 is 1.63. The first-order chi connectivity index (χ1) is 13.7. The smallest absolute Gasteiger partial charge is 0.410 e. The summed E-state index contributed by atoms with van der Waals surface area (Å²) < 4.78 is 5.51. The minimum absolute atomic E-state index is 0.201. The number of nitrogens with one attached hydrogen (secondary N) is 2. The summed E-state index contributed by atoms with van der Waals surface area (Å²) in [6, 6.07) is 0. The molecule has 1 aromatic heterocycles. The Morgan fingerprint density at radius 1 is 1.41 bits per heavy atom. The van der Waals surface area contributed by atoms with E-state index < -0.39 is 5.60 Å². The predicted octanol–water partition coefficient (Wildman–Crippen LogP) is 2.91. The van der Waals surface area contributed by atoms with E-state index in [1.807, 2.05) is 44.7 Å². The number of aromatic nitrogens is 1. The van der Waals surface area contributed by atoms with Gasteiger partial charge in [-0.3, -0.25) is 4.99 Å². The highest BCUT2D eigenvalue weighted by molar-refractivity contribution is 7.13. The summed E-state index contributed by atoms with van der Waals surface area (Å²) in [7, 11) is 5.75. The number of carbonyl (C=O) groups is 1. The maximum atomic E-state index is 12.3. The van der Waals surface area contributed by atoms with Gasteiger partial charge in [-0.2, -0.15) is 0 Å². The first kappa shape index (κ1) is 23.3. The summed E-state index contributed by atoms with van der Waals surface area (Å²) in [5.41, 5.74) is 0.552. The lowest BCUT2D eigenvalue weighted by atomic mass is 9.95. The number of anilines is 1. The molecule has 0 saturated carbocycles. The third kappa shape index (κ3) is 8.08. The lowest BCUT2D eigenvalue weighted by molar-refractivity contribution is 0.0162. The van der Waals surface area contributed by atoms with Crippen LogP contribution in [0.25, 0.3) is 0 Å². The molecule has 2 heterocycles. The number of amides is 1. The summed E-state index contributed by atoms with van der Waals surface area (Å²) in [6.45, 7) is 8.71. The average Bonchev–Trinajstić information content (AvgIpc) is 3.13. The van der Waals surface area contributed by atoms with Crippen molar-refractivity contribution in [1.82, 2.24) is 20.5 Å². The Hall–Kier alpha value is -2.03.